The van der Waals surface area contributed by atoms with Crippen LogP contribution in [0.2, 0.25) is 0 Å². The number of imidazole rings is 1. The molecule has 6 rings (SSSR count). The van der Waals surface area contributed by atoms with Gasteiger partial charge in [-0.3, -0.25) is 19.9 Å². The Balaban J connectivity index is 1.30. The van der Waals surface area contributed by atoms with E-state index in [4.69, 9.17) is 9.40 Å². The third-order valence-corrected chi connectivity index (χ3v) is 8.17. The monoisotopic (exact) mass is 564 g/mol. The molecule has 0 saturated carbocycles. The molecule has 2 amide bonds. The van der Waals surface area contributed by atoms with Crippen LogP contribution < -0.4 is 10.2 Å². The van der Waals surface area contributed by atoms with Crippen molar-refractivity contribution >= 4 is 52.0 Å². The van der Waals surface area contributed by atoms with Gasteiger partial charge in [-0.1, -0.05) is 23.8 Å². The number of benzene rings is 2. The fourth-order valence-electron chi connectivity index (χ4n) is 4.85. The summed E-state index contributed by atoms with van der Waals surface area (Å²) in [6, 6.07) is 16.9. The Bertz CT molecular complexity index is 1780. The van der Waals surface area contributed by atoms with Crippen molar-refractivity contribution in [3.63, 3.8) is 0 Å². The number of anilines is 2. The lowest BCUT2D eigenvalue weighted by atomic mass is 10.0. The van der Waals surface area contributed by atoms with Crippen LogP contribution in [-0.2, 0) is 6.54 Å². The van der Waals surface area contributed by atoms with E-state index in [0.29, 0.717) is 45.8 Å². The van der Waals surface area contributed by atoms with E-state index in [-0.39, 0.29) is 11.8 Å². The van der Waals surface area contributed by atoms with Gasteiger partial charge in [0.2, 0.25) is 5.95 Å². The average Bonchev–Trinajstić information content (AvgIpc) is 3.76. The number of aromatic nitrogens is 3. The maximum absolute atomic E-state index is 13.3. The number of nitrogens with zero attached hydrogens (tertiary/aromatic N) is 5. The number of carbonyl (C=O) groups excluding carboxylic acids is 2. The average molecular weight is 565 g/mol. The molecule has 1 aliphatic heterocycles. The van der Waals surface area contributed by atoms with Crippen molar-refractivity contribution < 1.29 is 14.0 Å². The number of fused-ring (bicyclic) bond motifs is 1. The van der Waals surface area contributed by atoms with E-state index in [0.717, 1.165) is 28.8 Å². The third kappa shape index (κ3) is 5.59. The predicted octanol–water partition coefficient (Wildman–Crippen LogP) is 6.58. The molecule has 3 aromatic heterocycles. The Morgan fingerprint density at radius 1 is 1.17 bits per heavy atom. The van der Waals surface area contributed by atoms with Crippen LogP contribution in [0, 0.1) is 12.8 Å². The summed E-state index contributed by atoms with van der Waals surface area (Å²) in [5.74, 6) is 1.01. The van der Waals surface area contributed by atoms with Crippen LogP contribution in [0.5, 0.6) is 0 Å². The minimum absolute atomic E-state index is 0.106. The molecule has 1 N–H and O–H groups in total. The molecule has 0 saturated heterocycles. The van der Waals surface area contributed by atoms with Crippen LogP contribution in [0.25, 0.3) is 21.7 Å². The molecular formula is C31H28N6O3S. The van der Waals surface area contributed by atoms with Gasteiger partial charge in [0, 0.05) is 37.3 Å². The highest BCUT2D eigenvalue weighted by atomic mass is 32.1. The largest absolute Gasteiger partial charge is 0.443 e. The van der Waals surface area contributed by atoms with Crippen LogP contribution in [0.1, 0.15) is 38.4 Å². The minimum atomic E-state index is -0.258. The summed E-state index contributed by atoms with van der Waals surface area (Å²) < 4.78 is 7.39. The maximum Gasteiger partial charge on any atom is 0.268 e. The standard InChI is InChI=1S/C31H28N6O3S/c1-20-5-3-7-22(15-20)30(39)36(2)23-8-9-25-24(16-23)34-31(37(25)14-12-21-6-4-13-32-17-21)35-29(38)28-11-10-27(41-28)26-18-33-19-40-26/h3-5,7-11,13,15-19,21H,6,12,14H2,1-2H3,(H,34,35,38)/t21-/m0/s1. The molecule has 1 atom stereocenters. The number of carbonyl (C=O) groups is 2. The molecule has 10 heteroatoms. The van der Waals surface area contributed by atoms with E-state index < -0.39 is 0 Å². The lowest BCUT2D eigenvalue weighted by Gasteiger charge is -2.18. The molecular weight excluding hydrogens is 536 g/mol. The Kier molecular flexibility index (Phi) is 7.30. The van der Waals surface area contributed by atoms with Gasteiger partial charge in [-0.15, -0.1) is 11.3 Å². The number of amides is 2. The Morgan fingerprint density at radius 2 is 2.07 bits per heavy atom. The number of thiophene rings is 1. The smallest absolute Gasteiger partial charge is 0.268 e. The molecule has 2 aromatic carbocycles. The minimum Gasteiger partial charge on any atom is -0.443 e. The van der Waals surface area contributed by atoms with Gasteiger partial charge in [-0.25, -0.2) is 9.97 Å². The zero-order valence-corrected chi connectivity index (χ0v) is 23.5. The summed E-state index contributed by atoms with van der Waals surface area (Å²) in [6.07, 6.45) is 10.6. The molecule has 0 fully saturated rings. The Labute approximate surface area is 240 Å². The van der Waals surface area contributed by atoms with Gasteiger partial charge in [-0.05, 0) is 68.1 Å². The number of hydrogen-bond donors (Lipinski definition) is 1. The number of hydrogen-bond acceptors (Lipinski definition) is 7. The highest BCUT2D eigenvalue weighted by Gasteiger charge is 2.20. The van der Waals surface area contributed by atoms with Gasteiger partial charge in [-0.2, -0.15) is 0 Å². The van der Waals surface area contributed by atoms with E-state index >= 15 is 0 Å². The summed E-state index contributed by atoms with van der Waals surface area (Å²) in [5, 5.41) is 3.02. The fraction of sp³-hybridized carbons (Fsp3) is 0.194. The number of aliphatic imine (C=N–C) groups is 1. The number of oxazole rings is 1. The van der Waals surface area contributed by atoms with Crippen molar-refractivity contribution in [2.45, 2.75) is 26.3 Å². The predicted molar refractivity (Wildman–Crippen MR) is 162 cm³/mol. The van der Waals surface area contributed by atoms with E-state index in [9.17, 15) is 9.59 Å². The van der Waals surface area contributed by atoms with Crippen molar-refractivity contribution in [2.75, 3.05) is 17.3 Å². The van der Waals surface area contributed by atoms with Gasteiger partial charge >= 0.3 is 0 Å². The second kappa shape index (κ2) is 11.3. The Morgan fingerprint density at radius 3 is 2.85 bits per heavy atom. The van der Waals surface area contributed by atoms with E-state index in [1.807, 2.05) is 72.4 Å². The first-order chi connectivity index (χ1) is 20.0. The van der Waals surface area contributed by atoms with Crippen LogP contribution >= 0.6 is 11.3 Å². The normalized spacial score (nSPS) is 14.4. The van der Waals surface area contributed by atoms with Gasteiger partial charge in [0.05, 0.1) is 27.0 Å². The number of nitrogens with one attached hydrogen (secondary N) is 1. The summed E-state index contributed by atoms with van der Waals surface area (Å²) in [7, 11) is 1.75. The van der Waals surface area contributed by atoms with Gasteiger partial charge in [0.15, 0.2) is 12.2 Å². The second-order valence-corrected chi connectivity index (χ2v) is 11.0. The van der Waals surface area contributed by atoms with Crippen LogP contribution in [0.3, 0.4) is 0 Å². The quantitative estimate of drug-likeness (QED) is 0.229. The molecule has 0 bridgehead atoms. The van der Waals surface area contributed by atoms with E-state index in [1.54, 1.807) is 24.2 Å². The first-order valence-electron chi connectivity index (χ1n) is 13.3. The van der Waals surface area contributed by atoms with Gasteiger partial charge < -0.3 is 13.9 Å². The zero-order valence-electron chi connectivity index (χ0n) is 22.7. The van der Waals surface area contributed by atoms with Crippen molar-refractivity contribution in [3.8, 4) is 10.6 Å². The van der Waals surface area contributed by atoms with Crippen LogP contribution in [0.4, 0.5) is 11.6 Å². The molecule has 41 heavy (non-hydrogen) atoms. The number of rotatable bonds is 8. The molecule has 0 aliphatic carbocycles. The molecule has 0 radical (unpaired) electrons. The SMILES string of the molecule is Cc1cccc(C(=O)N(C)c2ccc3c(c2)nc(NC(=O)c2ccc(-c4cnco4)s2)n3CC[C@H]2C=NC=CC2)c1. The van der Waals surface area contributed by atoms with Crippen LogP contribution in [0.15, 0.2) is 88.9 Å². The highest BCUT2D eigenvalue weighted by Crippen LogP contribution is 2.30. The summed E-state index contributed by atoms with van der Waals surface area (Å²) in [4.78, 5) is 42.5. The van der Waals surface area contributed by atoms with Crippen LogP contribution in [-0.4, -0.2) is 39.6 Å². The number of aryl methyl sites for hydroxylation is 2. The van der Waals surface area contributed by atoms with E-state index in [2.05, 4.69) is 21.4 Å². The first kappa shape index (κ1) is 26.4. The lowest BCUT2D eigenvalue weighted by Crippen LogP contribution is -2.26. The van der Waals surface area contributed by atoms with Crippen molar-refractivity contribution in [3.05, 3.63) is 95.5 Å². The molecule has 0 unspecified atom stereocenters. The molecule has 206 valence electrons. The molecule has 4 heterocycles. The molecule has 5 aromatic rings. The summed E-state index contributed by atoms with van der Waals surface area (Å²) >= 11 is 1.32. The van der Waals surface area contributed by atoms with Gasteiger partial charge in [0.1, 0.15) is 0 Å². The maximum atomic E-state index is 13.3. The van der Waals surface area contributed by atoms with Crippen molar-refractivity contribution in [1.29, 1.82) is 0 Å². The topological polar surface area (TPSA) is 106 Å². The van der Waals surface area contributed by atoms with Crippen molar-refractivity contribution in [1.82, 2.24) is 14.5 Å². The summed E-state index contributed by atoms with van der Waals surface area (Å²) in [6.45, 7) is 2.60. The zero-order chi connectivity index (χ0) is 28.3. The summed E-state index contributed by atoms with van der Waals surface area (Å²) in [5.41, 5.74) is 3.92. The molecule has 1 aliphatic rings. The third-order valence-electron chi connectivity index (χ3n) is 7.07. The Hall–Kier alpha value is -4.83. The molecule has 0 spiro atoms. The number of allylic oxidation sites excluding steroid dienone is 1. The highest BCUT2D eigenvalue weighted by molar-refractivity contribution is 7.17. The fourth-order valence-corrected chi connectivity index (χ4v) is 5.70. The molecule has 9 nitrogen and oxygen atoms in total. The van der Waals surface area contributed by atoms with Crippen molar-refractivity contribution in [2.24, 2.45) is 10.9 Å². The second-order valence-electron chi connectivity index (χ2n) is 9.94. The van der Waals surface area contributed by atoms with Gasteiger partial charge in [0.25, 0.3) is 11.8 Å². The first-order valence-corrected chi connectivity index (χ1v) is 14.1. The van der Waals surface area contributed by atoms with E-state index in [1.165, 1.54) is 17.7 Å². The lowest BCUT2D eigenvalue weighted by molar-refractivity contribution is 0.0991.